The predicted octanol–water partition coefficient (Wildman–Crippen LogP) is 19.5. The Kier molecular flexibility index (Phi) is 29.7. The van der Waals surface area contributed by atoms with Crippen molar-refractivity contribution in [3.05, 3.63) is 140 Å². The van der Waals surface area contributed by atoms with Gasteiger partial charge in [-0.15, -0.1) is 0 Å². The van der Waals surface area contributed by atoms with Gasteiger partial charge < -0.3 is 59.1 Å². The van der Waals surface area contributed by atoms with E-state index in [9.17, 15) is 30.6 Å². The zero-order valence-corrected chi connectivity index (χ0v) is 55.5. The summed E-state index contributed by atoms with van der Waals surface area (Å²) in [5, 5.41) is 75.8. The summed E-state index contributed by atoms with van der Waals surface area (Å²) < 4.78 is 39.1. The van der Waals surface area contributed by atoms with Gasteiger partial charge in [0.25, 0.3) is 0 Å². The average molecular weight is 1240 g/mol. The molecule has 0 amide bonds. The minimum atomic E-state index is -0.00452. The van der Waals surface area contributed by atoms with E-state index in [0.29, 0.717) is 141 Å². The first-order chi connectivity index (χ1) is 43.9. The minimum absolute atomic E-state index is 0.00452. The molecule has 1 aliphatic rings. The summed E-state index contributed by atoms with van der Waals surface area (Å²) in [4.78, 5) is 0. The maximum Gasteiger partial charge on any atom is 0.122 e. The Morgan fingerprint density at radius 2 is 0.322 bits per heavy atom. The number of ether oxygens (including phenoxy) is 6. The fraction of sp³-hybridized carbons (Fsp3) is 0.538. The lowest BCUT2D eigenvalue weighted by molar-refractivity contribution is 0.303. The van der Waals surface area contributed by atoms with Crippen LogP contribution in [0.1, 0.15) is 262 Å². The zero-order valence-electron chi connectivity index (χ0n) is 55.5. The van der Waals surface area contributed by atoms with Crippen molar-refractivity contribution in [3.8, 4) is 69.0 Å². The Bertz CT molecular complexity index is 2470. The molecular formula is C78H108O12. The van der Waals surface area contributed by atoms with Gasteiger partial charge in [0.05, 0.1) is 39.6 Å². The summed E-state index contributed by atoms with van der Waals surface area (Å²) in [6, 6.07) is 22.1. The van der Waals surface area contributed by atoms with Crippen molar-refractivity contribution in [2.24, 2.45) is 0 Å². The minimum Gasteiger partial charge on any atom is -0.507 e. The second-order valence-corrected chi connectivity index (χ2v) is 25.1. The van der Waals surface area contributed by atoms with Gasteiger partial charge in [0, 0.05) is 105 Å². The van der Waals surface area contributed by atoms with Crippen LogP contribution < -0.4 is 28.4 Å². The molecule has 0 unspecified atom stereocenters. The van der Waals surface area contributed by atoms with Crippen LogP contribution in [-0.2, 0) is 38.5 Å². The van der Waals surface area contributed by atoms with Crippen LogP contribution in [0.5, 0.6) is 69.0 Å². The molecule has 6 aromatic carbocycles. The van der Waals surface area contributed by atoms with Gasteiger partial charge in [-0.3, -0.25) is 0 Å². The van der Waals surface area contributed by atoms with Gasteiger partial charge in [0.1, 0.15) is 69.0 Å². The molecule has 0 radical (unpaired) electrons. The molecule has 0 spiro atoms. The summed E-state index contributed by atoms with van der Waals surface area (Å²) in [5.41, 5.74) is 6.10. The molecule has 12 nitrogen and oxygen atoms in total. The fourth-order valence-electron chi connectivity index (χ4n) is 12.0. The van der Waals surface area contributed by atoms with E-state index in [1.165, 1.54) is 0 Å². The van der Waals surface area contributed by atoms with Gasteiger partial charge in [0.15, 0.2) is 0 Å². The number of rotatable bonds is 36. The molecule has 0 heterocycles. The molecule has 7 rings (SSSR count). The molecule has 0 saturated carbocycles. The molecule has 12 bridgehead atoms. The van der Waals surface area contributed by atoms with Crippen LogP contribution in [0.15, 0.2) is 72.8 Å². The lowest BCUT2D eigenvalue weighted by Crippen LogP contribution is -2.05. The molecule has 1 aliphatic carbocycles. The van der Waals surface area contributed by atoms with E-state index in [1.54, 1.807) is 0 Å². The van der Waals surface area contributed by atoms with Crippen molar-refractivity contribution in [2.45, 2.75) is 234 Å². The third kappa shape index (κ3) is 21.5. The lowest BCUT2D eigenvalue weighted by atomic mass is 9.91. The molecule has 90 heavy (non-hydrogen) atoms. The van der Waals surface area contributed by atoms with Crippen LogP contribution in [-0.4, -0.2) is 70.3 Å². The molecule has 0 saturated heterocycles. The van der Waals surface area contributed by atoms with Gasteiger partial charge in [-0.1, -0.05) is 157 Å². The maximum absolute atomic E-state index is 12.6. The molecular weight excluding hydrogens is 1130 g/mol. The molecule has 6 N–H and O–H groups in total. The largest absolute Gasteiger partial charge is 0.507 e. The van der Waals surface area contributed by atoms with E-state index >= 15 is 0 Å². The van der Waals surface area contributed by atoms with Crippen LogP contribution in [0, 0.1) is 0 Å². The molecule has 0 aliphatic heterocycles. The summed E-state index contributed by atoms with van der Waals surface area (Å²) in [7, 11) is 0. The van der Waals surface area contributed by atoms with E-state index in [-0.39, 0.29) is 73.0 Å². The van der Waals surface area contributed by atoms with Crippen molar-refractivity contribution in [3.63, 3.8) is 0 Å². The van der Waals surface area contributed by atoms with E-state index in [0.717, 1.165) is 154 Å². The maximum atomic E-state index is 12.6. The SMILES string of the molecule is CCCCCCOc1cc2c(O)c(c1)Cc1cc(OCCCCCC)cc(c1O)Cc1cc(OCCCCCC)cc(c1O)Cc1cc(OCCCCCC)cc(c1O)Cc1cc(OCCCCCC)cc(c1O)Cc1cc(OCCCCCC)cc(c1O)C2. The Labute approximate surface area is 538 Å². The molecule has 12 heteroatoms. The first-order valence-corrected chi connectivity index (χ1v) is 34.7. The van der Waals surface area contributed by atoms with Crippen LogP contribution in [0.3, 0.4) is 0 Å². The van der Waals surface area contributed by atoms with Gasteiger partial charge in [0.2, 0.25) is 0 Å². The second kappa shape index (κ2) is 37.9. The number of fused-ring (bicyclic) bond motifs is 12. The number of phenolic OH excluding ortho intramolecular Hbond substituents is 6. The number of unbranched alkanes of at least 4 members (excludes halogenated alkanes) is 18. The summed E-state index contributed by atoms with van der Waals surface area (Å²) in [5.74, 6) is 3.29. The highest BCUT2D eigenvalue weighted by Gasteiger charge is 2.25. The average Bonchev–Trinajstić information content (AvgIpc) is 0.898. The third-order valence-electron chi connectivity index (χ3n) is 17.3. The Hall–Kier alpha value is -7.08. The van der Waals surface area contributed by atoms with Crippen molar-refractivity contribution >= 4 is 0 Å². The topological polar surface area (TPSA) is 177 Å². The van der Waals surface area contributed by atoms with E-state index in [1.807, 2.05) is 72.8 Å². The third-order valence-corrected chi connectivity index (χ3v) is 17.3. The smallest absolute Gasteiger partial charge is 0.122 e. The number of aromatic hydroxyl groups is 6. The van der Waals surface area contributed by atoms with Gasteiger partial charge in [-0.25, -0.2) is 0 Å². The highest BCUT2D eigenvalue weighted by Crippen LogP contribution is 2.44. The molecule has 0 aromatic heterocycles. The molecule has 0 fully saturated rings. The van der Waals surface area contributed by atoms with Gasteiger partial charge in [-0.05, 0) is 111 Å². The number of benzene rings is 6. The van der Waals surface area contributed by atoms with Crippen molar-refractivity contribution < 1.29 is 59.1 Å². The van der Waals surface area contributed by atoms with E-state index in [2.05, 4.69) is 41.5 Å². The van der Waals surface area contributed by atoms with Gasteiger partial charge >= 0.3 is 0 Å². The lowest BCUT2D eigenvalue weighted by Gasteiger charge is -2.20. The normalized spacial score (nSPS) is 12.3. The fourth-order valence-corrected chi connectivity index (χ4v) is 12.0. The molecule has 6 aromatic rings. The summed E-state index contributed by atoms with van der Waals surface area (Å²) >= 11 is 0. The standard InChI is InChI=1S/C78H108O12/c1-7-13-19-25-31-85-67-43-55-37-57-45-68(86-32-26-20-14-8-2)47-59(74(57)80)39-61-49-70(88-34-28-22-16-10-4)51-63(76(61)82)41-65-53-72(90-36-30-24-18-12-6)54-66(78(65)84)42-64-52-71(89-35-29-23-17-11-5)50-62(77(64)83)40-60-48-69(87-33-27-21-15-9-3)46-58(75(60)81)38-56(44-67)73(55)79/h43-54,79-84H,7-42H2,1-6H3. The molecule has 492 valence electrons. The van der Waals surface area contributed by atoms with E-state index in [4.69, 9.17) is 28.4 Å². The number of hydrogen-bond donors (Lipinski definition) is 6. The van der Waals surface area contributed by atoms with Crippen molar-refractivity contribution in [1.29, 1.82) is 0 Å². The highest BCUT2D eigenvalue weighted by molar-refractivity contribution is 5.61. The quantitative estimate of drug-likeness (QED) is 0.0205. The Balaban J connectivity index is 1.47. The van der Waals surface area contributed by atoms with E-state index < -0.39 is 0 Å². The second-order valence-electron chi connectivity index (χ2n) is 25.1. The first-order valence-electron chi connectivity index (χ1n) is 34.7. The predicted molar refractivity (Wildman–Crippen MR) is 363 cm³/mol. The van der Waals surface area contributed by atoms with Gasteiger partial charge in [-0.2, -0.15) is 0 Å². The number of hydrogen-bond acceptors (Lipinski definition) is 12. The summed E-state index contributed by atoms with van der Waals surface area (Å²) in [6.45, 7) is 15.9. The first kappa shape index (κ1) is 70.4. The Morgan fingerprint density at radius 3 is 0.433 bits per heavy atom. The monoisotopic (exact) mass is 1240 g/mol. The highest BCUT2D eigenvalue weighted by atomic mass is 16.5. The number of phenols is 6. The zero-order chi connectivity index (χ0) is 64.0. The van der Waals surface area contributed by atoms with Crippen LogP contribution in [0.2, 0.25) is 0 Å². The molecule has 0 atom stereocenters. The van der Waals surface area contributed by atoms with Crippen molar-refractivity contribution in [2.75, 3.05) is 39.6 Å². The van der Waals surface area contributed by atoms with Crippen molar-refractivity contribution in [1.82, 2.24) is 0 Å². The van der Waals surface area contributed by atoms with Crippen LogP contribution in [0.25, 0.3) is 0 Å². The van der Waals surface area contributed by atoms with Crippen LogP contribution >= 0.6 is 0 Å². The Morgan fingerprint density at radius 1 is 0.200 bits per heavy atom. The summed E-state index contributed by atoms with van der Waals surface area (Å²) in [6.07, 6.45) is 24.7. The van der Waals surface area contributed by atoms with Crippen LogP contribution in [0.4, 0.5) is 0 Å².